The molecular weight excluding hydrogens is 214 g/mol. The zero-order valence-electron chi connectivity index (χ0n) is 9.01. The molecule has 0 aliphatic carbocycles. The van der Waals surface area contributed by atoms with E-state index >= 15 is 0 Å². The summed E-state index contributed by atoms with van der Waals surface area (Å²) < 4.78 is 4.96. The lowest BCUT2D eigenvalue weighted by Crippen LogP contribution is -2.23. The van der Waals surface area contributed by atoms with Crippen LogP contribution in [0.1, 0.15) is 38.0 Å². The van der Waals surface area contributed by atoms with Crippen molar-refractivity contribution in [1.29, 1.82) is 0 Å². The van der Waals surface area contributed by atoms with Gasteiger partial charge < -0.3 is 15.4 Å². The number of hydrogen-bond acceptors (Lipinski definition) is 6. The SMILES string of the molecule is CCCSCc1noc(C(N)C(C)O)n1. The molecular formula is C9H17N3O2S. The molecule has 0 saturated carbocycles. The minimum atomic E-state index is -0.679. The molecule has 0 aromatic carbocycles. The zero-order chi connectivity index (χ0) is 11.3. The van der Waals surface area contributed by atoms with E-state index in [2.05, 4.69) is 17.1 Å². The van der Waals surface area contributed by atoms with E-state index in [-0.39, 0.29) is 0 Å². The van der Waals surface area contributed by atoms with E-state index < -0.39 is 12.1 Å². The summed E-state index contributed by atoms with van der Waals surface area (Å²) in [6.07, 6.45) is 0.448. The molecule has 15 heavy (non-hydrogen) atoms. The predicted octanol–water partition coefficient (Wildman–Crippen LogP) is 1.09. The van der Waals surface area contributed by atoms with Crippen LogP contribution >= 0.6 is 11.8 Å². The fraction of sp³-hybridized carbons (Fsp3) is 0.778. The molecule has 86 valence electrons. The maximum atomic E-state index is 9.24. The van der Waals surface area contributed by atoms with Gasteiger partial charge in [0, 0.05) is 0 Å². The van der Waals surface area contributed by atoms with Crippen molar-refractivity contribution in [2.24, 2.45) is 5.73 Å². The number of aliphatic hydroxyl groups excluding tert-OH is 1. The molecule has 2 atom stereocenters. The van der Waals surface area contributed by atoms with E-state index in [4.69, 9.17) is 10.3 Å². The van der Waals surface area contributed by atoms with Gasteiger partial charge in [-0.2, -0.15) is 16.7 Å². The summed E-state index contributed by atoms with van der Waals surface area (Å²) in [7, 11) is 0. The van der Waals surface area contributed by atoms with Crippen LogP contribution in [-0.4, -0.2) is 27.1 Å². The third-order valence-electron chi connectivity index (χ3n) is 1.87. The molecule has 0 saturated heterocycles. The summed E-state index contributed by atoms with van der Waals surface area (Å²) in [5.41, 5.74) is 5.65. The zero-order valence-corrected chi connectivity index (χ0v) is 9.83. The number of hydrogen-bond donors (Lipinski definition) is 2. The molecule has 1 rings (SSSR count). The topological polar surface area (TPSA) is 85.2 Å². The van der Waals surface area contributed by atoms with Gasteiger partial charge >= 0.3 is 0 Å². The lowest BCUT2D eigenvalue weighted by molar-refractivity contribution is 0.146. The van der Waals surface area contributed by atoms with Gasteiger partial charge in [0.15, 0.2) is 5.82 Å². The van der Waals surface area contributed by atoms with Crippen molar-refractivity contribution < 1.29 is 9.63 Å². The number of thioether (sulfide) groups is 1. The minimum absolute atomic E-state index is 0.303. The Balaban J connectivity index is 2.48. The van der Waals surface area contributed by atoms with Gasteiger partial charge in [-0.25, -0.2) is 0 Å². The Bertz CT molecular complexity index is 291. The van der Waals surface area contributed by atoms with Crippen LogP contribution in [0.3, 0.4) is 0 Å². The van der Waals surface area contributed by atoms with Crippen LogP contribution in [0.15, 0.2) is 4.52 Å². The highest BCUT2D eigenvalue weighted by Crippen LogP contribution is 2.15. The Morgan fingerprint density at radius 1 is 1.60 bits per heavy atom. The lowest BCUT2D eigenvalue weighted by atomic mass is 10.2. The Kier molecular flexibility index (Phi) is 5.07. The van der Waals surface area contributed by atoms with Crippen LogP contribution in [0.4, 0.5) is 0 Å². The normalized spacial score (nSPS) is 15.2. The molecule has 2 unspecified atom stereocenters. The van der Waals surface area contributed by atoms with E-state index in [1.54, 1.807) is 18.7 Å². The fourth-order valence-electron chi connectivity index (χ4n) is 0.976. The van der Waals surface area contributed by atoms with Gasteiger partial charge in [-0.1, -0.05) is 12.1 Å². The number of rotatable bonds is 6. The summed E-state index contributed by atoms with van der Waals surface area (Å²) in [6.45, 7) is 3.72. The van der Waals surface area contributed by atoms with Crippen LogP contribution in [-0.2, 0) is 5.75 Å². The Morgan fingerprint density at radius 3 is 2.93 bits per heavy atom. The molecule has 3 N–H and O–H groups in total. The predicted molar refractivity (Wildman–Crippen MR) is 59.4 cm³/mol. The standard InChI is InChI=1S/C9H17N3O2S/c1-3-4-15-5-7-11-9(14-12-7)8(10)6(2)13/h6,8,13H,3-5,10H2,1-2H3. The van der Waals surface area contributed by atoms with Crippen LogP contribution in [0.25, 0.3) is 0 Å². The molecule has 0 amide bonds. The van der Waals surface area contributed by atoms with Gasteiger partial charge in [0.2, 0.25) is 5.89 Å². The van der Waals surface area contributed by atoms with Gasteiger partial charge in [0.1, 0.15) is 6.04 Å². The number of aromatic nitrogens is 2. The van der Waals surface area contributed by atoms with E-state index in [0.717, 1.165) is 17.9 Å². The molecule has 0 bridgehead atoms. The number of aliphatic hydroxyl groups is 1. The Hall–Kier alpha value is -0.590. The molecule has 0 aliphatic heterocycles. The summed E-state index contributed by atoms with van der Waals surface area (Å²) in [6, 6.07) is -0.595. The smallest absolute Gasteiger partial charge is 0.246 e. The van der Waals surface area contributed by atoms with Crippen molar-refractivity contribution in [2.75, 3.05) is 5.75 Å². The van der Waals surface area contributed by atoms with E-state index in [9.17, 15) is 5.11 Å². The third-order valence-corrected chi connectivity index (χ3v) is 3.03. The van der Waals surface area contributed by atoms with Crippen molar-refractivity contribution in [1.82, 2.24) is 10.1 Å². The van der Waals surface area contributed by atoms with E-state index in [0.29, 0.717) is 11.7 Å². The van der Waals surface area contributed by atoms with Gasteiger partial charge in [-0.05, 0) is 19.1 Å². The molecule has 6 heteroatoms. The summed E-state index contributed by atoms with van der Waals surface area (Å²) >= 11 is 1.75. The molecule has 5 nitrogen and oxygen atoms in total. The largest absolute Gasteiger partial charge is 0.391 e. The quantitative estimate of drug-likeness (QED) is 0.713. The summed E-state index contributed by atoms with van der Waals surface area (Å²) in [4.78, 5) is 4.12. The first-order valence-electron chi connectivity index (χ1n) is 4.99. The van der Waals surface area contributed by atoms with Crippen LogP contribution in [0.2, 0.25) is 0 Å². The first-order valence-corrected chi connectivity index (χ1v) is 6.14. The first kappa shape index (κ1) is 12.5. The van der Waals surface area contributed by atoms with Crippen molar-refractivity contribution in [2.45, 2.75) is 38.2 Å². The van der Waals surface area contributed by atoms with Crippen LogP contribution in [0.5, 0.6) is 0 Å². The first-order chi connectivity index (χ1) is 7.15. The fourth-order valence-corrected chi connectivity index (χ4v) is 1.71. The van der Waals surface area contributed by atoms with Gasteiger partial charge in [-0.15, -0.1) is 0 Å². The molecule has 0 fully saturated rings. The van der Waals surface area contributed by atoms with Gasteiger partial charge in [-0.3, -0.25) is 0 Å². The van der Waals surface area contributed by atoms with Crippen LogP contribution < -0.4 is 5.73 Å². The number of nitrogens with zero attached hydrogens (tertiary/aromatic N) is 2. The van der Waals surface area contributed by atoms with Gasteiger partial charge in [0.05, 0.1) is 11.9 Å². The number of nitrogens with two attached hydrogens (primary N) is 1. The molecule has 1 aromatic rings. The van der Waals surface area contributed by atoms with Crippen molar-refractivity contribution in [3.63, 3.8) is 0 Å². The monoisotopic (exact) mass is 231 g/mol. The minimum Gasteiger partial charge on any atom is -0.391 e. The molecule has 1 aromatic heterocycles. The van der Waals surface area contributed by atoms with Crippen molar-refractivity contribution in [3.8, 4) is 0 Å². The average molecular weight is 231 g/mol. The van der Waals surface area contributed by atoms with Crippen LogP contribution in [0, 0.1) is 0 Å². The highest BCUT2D eigenvalue weighted by molar-refractivity contribution is 7.98. The lowest BCUT2D eigenvalue weighted by Gasteiger charge is -2.08. The molecule has 0 aliphatic rings. The highest BCUT2D eigenvalue weighted by Gasteiger charge is 2.19. The average Bonchev–Trinajstić information content (AvgIpc) is 2.65. The van der Waals surface area contributed by atoms with Gasteiger partial charge in [0.25, 0.3) is 0 Å². The Labute approximate surface area is 93.4 Å². The maximum absolute atomic E-state index is 9.24. The summed E-state index contributed by atoms with van der Waals surface area (Å²) in [5, 5.41) is 13.0. The highest BCUT2D eigenvalue weighted by atomic mass is 32.2. The van der Waals surface area contributed by atoms with Crippen molar-refractivity contribution in [3.05, 3.63) is 11.7 Å². The van der Waals surface area contributed by atoms with E-state index in [1.165, 1.54) is 0 Å². The summed E-state index contributed by atoms with van der Waals surface area (Å²) in [5.74, 6) is 2.74. The molecule has 0 radical (unpaired) electrons. The second kappa shape index (κ2) is 6.09. The molecule has 1 heterocycles. The van der Waals surface area contributed by atoms with Crippen molar-refractivity contribution >= 4 is 11.8 Å². The second-order valence-electron chi connectivity index (χ2n) is 3.37. The maximum Gasteiger partial charge on any atom is 0.246 e. The third kappa shape index (κ3) is 3.81. The van der Waals surface area contributed by atoms with E-state index in [1.807, 2.05) is 0 Å². The molecule has 0 spiro atoms. The second-order valence-corrected chi connectivity index (χ2v) is 4.47. The Morgan fingerprint density at radius 2 is 2.33 bits per heavy atom.